The Bertz CT molecular complexity index is 611. The lowest BCUT2D eigenvalue weighted by Gasteiger charge is -2.10. The fourth-order valence-electron chi connectivity index (χ4n) is 1.48. The van der Waals surface area contributed by atoms with Gasteiger partial charge in [-0.05, 0) is 25.1 Å². The van der Waals surface area contributed by atoms with E-state index in [1.165, 1.54) is 0 Å². The number of sulfonamides is 1. The molecule has 0 saturated carbocycles. The van der Waals surface area contributed by atoms with Crippen LogP contribution in [-0.4, -0.2) is 33.2 Å². The van der Waals surface area contributed by atoms with Gasteiger partial charge in [0.1, 0.15) is 11.6 Å². The van der Waals surface area contributed by atoms with Crippen LogP contribution >= 0.6 is 24.0 Å². The smallest absolute Gasteiger partial charge is 0.210 e. The van der Waals surface area contributed by atoms with Gasteiger partial charge in [0.15, 0.2) is 5.96 Å². The highest BCUT2D eigenvalue weighted by molar-refractivity contribution is 14.0. The fraction of sp³-hybridized carbons (Fsp3) is 0.417. The molecule has 126 valence electrons. The standard InChI is InChI=1S/C12H18F2N4O2S.HI/c1-2-16-12(17-5-6-21(15,19)20)18-8-9-7-10(13)3-4-11(9)14;/h3-4,7H,2,5-6,8H2,1H3,(H2,15,19,20)(H2,16,17,18);1H. The number of guanidine groups is 1. The Morgan fingerprint density at radius 2 is 2.00 bits per heavy atom. The van der Waals surface area contributed by atoms with Crippen molar-refractivity contribution in [3.63, 3.8) is 0 Å². The molecule has 0 bridgehead atoms. The van der Waals surface area contributed by atoms with Gasteiger partial charge in [0, 0.05) is 18.7 Å². The Morgan fingerprint density at radius 1 is 1.32 bits per heavy atom. The normalized spacial score (nSPS) is 11.7. The van der Waals surface area contributed by atoms with Crippen molar-refractivity contribution in [3.05, 3.63) is 35.4 Å². The number of nitrogens with zero attached hydrogens (tertiary/aromatic N) is 1. The first-order valence-electron chi connectivity index (χ1n) is 6.28. The summed E-state index contributed by atoms with van der Waals surface area (Å²) in [7, 11) is -3.57. The van der Waals surface area contributed by atoms with Crippen LogP contribution in [0.15, 0.2) is 23.2 Å². The van der Waals surface area contributed by atoms with Crippen molar-refractivity contribution < 1.29 is 17.2 Å². The highest BCUT2D eigenvalue weighted by Crippen LogP contribution is 2.10. The van der Waals surface area contributed by atoms with Crippen molar-refractivity contribution in [2.24, 2.45) is 10.1 Å². The molecule has 0 amide bonds. The number of hydrogen-bond donors (Lipinski definition) is 3. The third-order valence-electron chi connectivity index (χ3n) is 2.44. The van der Waals surface area contributed by atoms with E-state index >= 15 is 0 Å². The zero-order valence-electron chi connectivity index (χ0n) is 12.0. The van der Waals surface area contributed by atoms with E-state index in [0.717, 1.165) is 18.2 Å². The average Bonchev–Trinajstić information content (AvgIpc) is 2.38. The number of hydrogen-bond acceptors (Lipinski definition) is 3. The molecule has 0 spiro atoms. The van der Waals surface area contributed by atoms with Crippen LogP contribution in [0, 0.1) is 11.6 Å². The van der Waals surface area contributed by atoms with E-state index < -0.39 is 21.7 Å². The number of aliphatic imine (C=N–C) groups is 1. The quantitative estimate of drug-likeness (QED) is 0.343. The van der Waals surface area contributed by atoms with Gasteiger partial charge in [-0.1, -0.05) is 0 Å². The lowest BCUT2D eigenvalue weighted by atomic mass is 10.2. The van der Waals surface area contributed by atoms with Crippen molar-refractivity contribution in [2.75, 3.05) is 18.8 Å². The molecule has 0 heterocycles. The van der Waals surface area contributed by atoms with Crippen LogP contribution in [0.4, 0.5) is 8.78 Å². The van der Waals surface area contributed by atoms with E-state index in [9.17, 15) is 17.2 Å². The maximum atomic E-state index is 13.4. The van der Waals surface area contributed by atoms with Crippen LogP contribution in [0.2, 0.25) is 0 Å². The average molecular weight is 448 g/mol. The van der Waals surface area contributed by atoms with Gasteiger partial charge in [0.05, 0.1) is 12.3 Å². The molecule has 0 aromatic heterocycles. The summed E-state index contributed by atoms with van der Waals surface area (Å²) in [6.45, 7) is 2.34. The van der Waals surface area contributed by atoms with Gasteiger partial charge in [0.25, 0.3) is 0 Å². The second-order valence-corrected chi connectivity index (χ2v) is 5.96. The van der Waals surface area contributed by atoms with Crippen molar-refractivity contribution in [1.82, 2.24) is 10.6 Å². The van der Waals surface area contributed by atoms with E-state index in [2.05, 4.69) is 15.6 Å². The molecule has 1 rings (SSSR count). The van der Waals surface area contributed by atoms with Gasteiger partial charge in [-0.25, -0.2) is 27.3 Å². The molecule has 1 aromatic carbocycles. The maximum absolute atomic E-state index is 13.4. The van der Waals surface area contributed by atoms with E-state index in [1.807, 2.05) is 6.92 Å². The zero-order chi connectivity index (χ0) is 15.9. The summed E-state index contributed by atoms with van der Waals surface area (Å²) in [5.74, 6) is -1.06. The molecule has 0 aliphatic rings. The number of benzene rings is 1. The van der Waals surface area contributed by atoms with Gasteiger partial charge < -0.3 is 10.6 Å². The minimum atomic E-state index is -3.57. The Hall–Kier alpha value is -1.01. The lowest BCUT2D eigenvalue weighted by Crippen LogP contribution is -2.40. The molecule has 0 atom stereocenters. The van der Waals surface area contributed by atoms with Crippen LogP contribution in [0.25, 0.3) is 0 Å². The molecular weight excluding hydrogens is 429 g/mol. The molecule has 0 radical (unpaired) electrons. The fourth-order valence-corrected chi connectivity index (χ4v) is 1.87. The van der Waals surface area contributed by atoms with Gasteiger partial charge in [-0.3, -0.25) is 0 Å². The second kappa shape index (κ2) is 9.90. The first kappa shape index (κ1) is 21.0. The zero-order valence-corrected chi connectivity index (χ0v) is 15.1. The SMILES string of the molecule is CCNC(=NCc1cc(F)ccc1F)NCCS(N)(=O)=O.I. The lowest BCUT2D eigenvalue weighted by molar-refractivity contribution is 0.585. The minimum Gasteiger partial charge on any atom is -0.357 e. The van der Waals surface area contributed by atoms with Crippen molar-refractivity contribution in [3.8, 4) is 0 Å². The third kappa shape index (κ3) is 8.44. The predicted octanol–water partition coefficient (Wildman–Crippen LogP) is 0.926. The number of halogens is 3. The van der Waals surface area contributed by atoms with E-state index in [-0.39, 0.29) is 48.4 Å². The summed E-state index contributed by atoms with van der Waals surface area (Å²) in [6, 6.07) is 3.12. The molecular formula is C12H19F2IN4O2S. The van der Waals surface area contributed by atoms with Crippen molar-refractivity contribution in [1.29, 1.82) is 0 Å². The molecule has 4 N–H and O–H groups in total. The molecule has 22 heavy (non-hydrogen) atoms. The summed E-state index contributed by atoms with van der Waals surface area (Å²) in [6.07, 6.45) is 0. The Balaban J connectivity index is 0.00000441. The highest BCUT2D eigenvalue weighted by atomic mass is 127. The number of nitrogens with one attached hydrogen (secondary N) is 2. The number of rotatable bonds is 6. The minimum absolute atomic E-state index is 0. The van der Waals surface area contributed by atoms with Gasteiger partial charge in [-0.2, -0.15) is 0 Å². The maximum Gasteiger partial charge on any atom is 0.210 e. The number of nitrogens with two attached hydrogens (primary N) is 1. The topological polar surface area (TPSA) is 96.6 Å². The van der Waals surface area contributed by atoms with E-state index in [0.29, 0.717) is 12.5 Å². The summed E-state index contributed by atoms with van der Waals surface area (Å²) < 4.78 is 48.1. The van der Waals surface area contributed by atoms with Crippen LogP contribution < -0.4 is 15.8 Å². The molecule has 0 aliphatic carbocycles. The van der Waals surface area contributed by atoms with E-state index in [1.54, 1.807) is 0 Å². The van der Waals surface area contributed by atoms with E-state index in [4.69, 9.17) is 5.14 Å². The largest absolute Gasteiger partial charge is 0.357 e. The molecule has 0 unspecified atom stereocenters. The van der Waals surface area contributed by atoms with Crippen LogP contribution in [0.1, 0.15) is 12.5 Å². The van der Waals surface area contributed by atoms with Crippen LogP contribution in [0.3, 0.4) is 0 Å². The molecule has 0 aliphatic heterocycles. The third-order valence-corrected chi connectivity index (χ3v) is 3.21. The van der Waals surface area contributed by atoms with Crippen molar-refractivity contribution in [2.45, 2.75) is 13.5 Å². The Morgan fingerprint density at radius 3 is 2.59 bits per heavy atom. The number of primary sulfonamides is 1. The molecule has 10 heteroatoms. The molecule has 0 fully saturated rings. The molecule has 1 aromatic rings. The molecule has 0 saturated heterocycles. The highest BCUT2D eigenvalue weighted by Gasteiger charge is 2.06. The Kier molecular flexibility index (Phi) is 9.44. The summed E-state index contributed by atoms with van der Waals surface area (Å²) in [5.41, 5.74) is 0.110. The predicted molar refractivity (Wildman–Crippen MR) is 92.6 cm³/mol. The van der Waals surface area contributed by atoms with Crippen LogP contribution in [0.5, 0.6) is 0 Å². The second-order valence-electron chi connectivity index (χ2n) is 4.22. The van der Waals surface area contributed by atoms with Gasteiger partial charge >= 0.3 is 0 Å². The summed E-state index contributed by atoms with van der Waals surface area (Å²) in [4.78, 5) is 4.06. The van der Waals surface area contributed by atoms with Crippen LogP contribution in [-0.2, 0) is 16.6 Å². The van der Waals surface area contributed by atoms with Crippen molar-refractivity contribution >= 4 is 40.0 Å². The van der Waals surface area contributed by atoms with Gasteiger partial charge in [-0.15, -0.1) is 24.0 Å². The monoisotopic (exact) mass is 448 g/mol. The summed E-state index contributed by atoms with van der Waals surface area (Å²) in [5, 5.41) is 10.5. The Labute approximate surface area is 145 Å². The summed E-state index contributed by atoms with van der Waals surface area (Å²) >= 11 is 0. The first-order chi connectivity index (χ1) is 9.81. The first-order valence-corrected chi connectivity index (χ1v) is 8.00. The molecule has 6 nitrogen and oxygen atoms in total. The van der Waals surface area contributed by atoms with Gasteiger partial charge in [0.2, 0.25) is 10.0 Å².